The summed E-state index contributed by atoms with van der Waals surface area (Å²) in [6, 6.07) is 4.57. The Kier molecular flexibility index (Phi) is 6.03. The Hall–Kier alpha value is -2.22. The molecule has 1 heterocycles. The number of ether oxygens (including phenoxy) is 2. The van der Waals surface area contributed by atoms with Crippen LogP contribution >= 0.6 is 0 Å². The van der Waals surface area contributed by atoms with E-state index in [-0.39, 0.29) is 11.5 Å². The van der Waals surface area contributed by atoms with Crippen LogP contribution in [-0.2, 0) is 6.54 Å². The molecule has 1 saturated carbocycles. The van der Waals surface area contributed by atoms with E-state index in [4.69, 9.17) is 9.26 Å². The van der Waals surface area contributed by atoms with Crippen molar-refractivity contribution < 1.29 is 22.8 Å². The molecule has 3 rings (SSSR count). The molecule has 0 radical (unpaired) electrons. The number of alkyl halides is 2. The molecule has 0 amide bonds. The van der Waals surface area contributed by atoms with E-state index in [0.717, 1.165) is 25.4 Å². The zero-order valence-corrected chi connectivity index (χ0v) is 15.0. The Morgan fingerprint density at radius 2 is 2.12 bits per heavy atom. The highest BCUT2D eigenvalue weighted by Crippen LogP contribution is 2.33. The van der Waals surface area contributed by atoms with E-state index in [2.05, 4.69) is 26.7 Å². The van der Waals surface area contributed by atoms with Gasteiger partial charge in [0.15, 0.2) is 11.5 Å². The Labute approximate surface area is 151 Å². The average Bonchev–Trinajstić information content (AvgIpc) is 3.30. The highest BCUT2D eigenvalue weighted by atomic mass is 19.3. The van der Waals surface area contributed by atoms with E-state index in [9.17, 15) is 8.78 Å². The monoisotopic (exact) mass is 367 g/mol. The average molecular weight is 367 g/mol. The van der Waals surface area contributed by atoms with E-state index >= 15 is 0 Å². The predicted molar refractivity (Wildman–Crippen MR) is 91.2 cm³/mol. The van der Waals surface area contributed by atoms with Gasteiger partial charge in [0.1, 0.15) is 0 Å². The summed E-state index contributed by atoms with van der Waals surface area (Å²) in [7, 11) is 1.39. The topological polar surface area (TPSA) is 60.6 Å². The maximum absolute atomic E-state index is 12.4. The first-order chi connectivity index (χ1) is 12.6. The number of aromatic nitrogens is 2. The Bertz CT molecular complexity index is 719. The minimum absolute atomic E-state index is 0.0338. The van der Waals surface area contributed by atoms with Crippen LogP contribution in [0.15, 0.2) is 22.7 Å². The molecule has 0 atom stereocenters. The van der Waals surface area contributed by atoms with Gasteiger partial charge in [0.05, 0.1) is 13.7 Å². The van der Waals surface area contributed by atoms with Gasteiger partial charge in [-0.2, -0.15) is 13.8 Å². The fraction of sp³-hybridized carbons (Fsp3) is 0.556. The highest BCUT2D eigenvalue weighted by Gasteiger charge is 2.25. The third-order valence-corrected chi connectivity index (χ3v) is 4.22. The van der Waals surface area contributed by atoms with E-state index in [0.29, 0.717) is 23.8 Å². The van der Waals surface area contributed by atoms with Gasteiger partial charge in [-0.25, -0.2) is 0 Å². The molecular weight excluding hydrogens is 344 g/mol. The van der Waals surface area contributed by atoms with Gasteiger partial charge < -0.3 is 14.0 Å². The first kappa shape index (κ1) is 18.6. The van der Waals surface area contributed by atoms with Gasteiger partial charge in [-0.1, -0.05) is 12.1 Å². The summed E-state index contributed by atoms with van der Waals surface area (Å²) in [5, 5.41) is 4.00. The largest absolute Gasteiger partial charge is 0.493 e. The van der Waals surface area contributed by atoms with Crippen molar-refractivity contribution in [2.24, 2.45) is 5.92 Å². The normalized spacial score (nSPS) is 14.2. The van der Waals surface area contributed by atoms with E-state index in [1.807, 2.05) is 0 Å². The number of methoxy groups -OCH3 is 1. The Morgan fingerprint density at radius 1 is 1.31 bits per heavy atom. The molecule has 1 aromatic heterocycles. The fourth-order valence-corrected chi connectivity index (χ4v) is 2.84. The third kappa shape index (κ3) is 4.91. The molecule has 26 heavy (non-hydrogen) atoms. The molecule has 1 fully saturated rings. The van der Waals surface area contributed by atoms with Crippen molar-refractivity contribution in [1.29, 1.82) is 0 Å². The highest BCUT2D eigenvalue weighted by molar-refractivity contribution is 5.60. The number of rotatable bonds is 10. The molecule has 0 saturated heterocycles. The maximum Gasteiger partial charge on any atom is 0.387 e. The molecule has 1 aliphatic rings. The zero-order chi connectivity index (χ0) is 18.5. The molecule has 8 heteroatoms. The van der Waals surface area contributed by atoms with Gasteiger partial charge in [-0.05, 0) is 49.9 Å². The molecule has 1 aliphatic carbocycles. The summed E-state index contributed by atoms with van der Waals surface area (Å²) in [6.07, 6.45) is 3.65. The minimum Gasteiger partial charge on any atom is -0.493 e. The third-order valence-electron chi connectivity index (χ3n) is 4.22. The lowest BCUT2D eigenvalue weighted by Gasteiger charge is -2.18. The predicted octanol–water partition coefficient (Wildman–Crippen LogP) is 3.97. The Balaban J connectivity index is 1.71. The number of nitrogens with zero attached hydrogens (tertiary/aromatic N) is 3. The van der Waals surface area contributed by atoms with Crippen LogP contribution < -0.4 is 9.47 Å². The van der Waals surface area contributed by atoms with Crippen molar-refractivity contribution in [3.63, 3.8) is 0 Å². The van der Waals surface area contributed by atoms with Crippen molar-refractivity contribution in [2.45, 2.75) is 39.3 Å². The van der Waals surface area contributed by atoms with Gasteiger partial charge in [-0.15, -0.1) is 0 Å². The molecule has 1 aromatic carbocycles. The summed E-state index contributed by atoms with van der Waals surface area (Å²) in [5.41, 5.74) is 0.614. The molecular formula is C18H23F2N3O3. The van der Waals surface area contributed by atoms with Crippen molar-refractivity contribution >= 4 is 0 Å². The second-order valence-corrected chi connectivity index (χ2v) is 6.43. The van der Waals surface area contributed by atoms with Gasteiger partial charge >= 0.3 is 6.61 Å². The second kappa shape index (κ2) is 8.44. The molecule has 6 nitrogen and oxygen atoms in total. The summed E-state index contributed by atoms with van der Waals surface area (Å²) < 4.78 is 39.7. The summed E-state index contributed by atoms with van der Waals surface area (Å²) in [6.45, 7) is 1.89. The van der Waals surface area contributed by atoms with Crippen LogP contribution in [0.3, 0.4) is 0 Å². The van der Waals surface area contributed by atoms with Gasteiger partial charge in [0, 0.05) is 12.1 Å². The van der Waals surface area contributed by atoms with Crippen molar-refractivity contribution in [2.75, 3.05) is 20.2 Å². The summed E-state index contributed by atoms with van der Waals surface area (Å²) in [5.74, 6) is 1.88. The lowest BCUT2D eigenvalue weighted by atomic mass is 10.2. The van der Waals surface area contributed by atoms with Gasteiger partial charge in [-0.3, -0.25) is 4.90 Å². The second-order valence-electron chi connectivity index (χ2n) is 6.43. The Morgan fingerprint density at radius 3 is 2.77 bits per heavy atom. The van der Waals surface area contributed by atoms with Crippen LogP contribution in [0.5, 0.6) is 11.5 Å². The lowest BCUT2D eigenvalue weighted by Crippen LogP contribution is -2.26. The number of benzene rings is 1. The first-order valence-electron chi connectivity index (χ1n) is 8.77. The van der Waals surface area contributed by atoms with Crippen molar-refractivity contribution in [3.8, 4) is 22.9 Å². The SMILES string of the molecule is CCCN(Cc1nc(-c2ccc(OC(F)F)c(OC)c2)no1)CC1CC1. The van der Waals surface area contributed by atoms with Crippen LogP contribution in [0.25, 0.3) is 11.4 Å². The van der Waals surface area contributed by atoms with Crippen LogP contribution in [0.4, 0.5) is 8.78 Å². The van der Waals surface area contributed by atoms with Crippen molar-refractivity contribution in [3.05, 3.63) is 24.1 Å². The summed E-state index contributed by atoms with van der Waals surface area (Å²) >= 11 is 0. The molecule has 142 valence electrons. The van der Waals surface area contributed by atoms with Crippen LogP contribution in [0, 0.1) is 5.92 Å². The van der Waals surface area contributed by atoms with Crippen LogP contribution in [-0.4, -0.2) is 41.9 Å². The zero-order valence-electron chi connectivity index (χ0n) is 15.0. The number of halogens is 2. The quantitative estimate of drug-likeness (QED) is 0.633. The maximum atomic E-state index is 12.4. The molecule has 0 unspecified atom stereocenters. The lowest BCUT2D eigenvalue weighted by molar-refractivity contribution is -0.0512. The van der Waals surface area contributed by atoms with Gasteiger partial charge in [0.2, 0.25) is 11.7 Å². The van der Waals surface area contributed by atoms with E-state index in [1.54, 1.807) is 12.1 Å². The van der Waals surface area contributed by atoms with E-state index < -0.39 is 6.61 Å². The first-order valence-corrected chi connectivity index (χ1v) is 8.77. The van der Waals surface area contributed by atoms with E-state index in [1.165, 1.54) is 26.0 Å². The molecule has 0 bridgehead atoms. The molecule has 0 spiro atoms. The van der Waals surface area contributed by atoms with Crippen LogP contribution in [0.2, 0.25) is 0 Å². The van der Waals surface area contributed by atoms with Gasteiger partial charge in [0.25, 0.3) is 0 Å². The molecule has 0 N–H and O–H groups in total. The number of hydrogen-bond acceptors (Lipinski definition) is 6. The standard InChI is InChI=1S/C18H23F2N3O3/c1-3-8-23(10-12-4-5-12)11-16-21-17(22-26-16)13-6-7-14(25-18(19)20)15(9-13)24-2/h6-7,9,12,18H,3-5,8,10-11H2,1-2H3. The molecule has 0 aliphatic heterocycles. The number of hydrogen-bond donors (Lipinski definition) is 0. The smallest absolute Gasteiger partial charge is 0.387 e. The minimum atomic E-state index is -2.91. The summed E-state index contributed by atoms with van der Waals surface area (Å²) in [4.78, 5) is 6.76. The van der Waals surface area contributed by atoms with Crippen molar-refractivity contribution in [1.82, 2.24) is 15.0 Å². The fourth-order valence-electron chi connectivity index (χ4n) is 2.84. The molecule has 2 aromatic rings. The van der Waals surface area contributed by atoms with Crippen LogP contribution in [0.1, 0.15) is 32.1 Å².